The first-order valence-corrected chi connectivity index (χ1v) is 11.3. The smallest absolute Gasteiger partial charge is 0.253 e. The molecule has 6 nitrogen and oxygen atoms in total. The van der Waals surface area contributed by atoms with Crippen LogP contribution in [0.2, 0.25) is 10.0 Å². The summed E-state index contributed by atoms with van der Waals surface area (Å²) in [5.74, 6) is 0.279. The molecule has 1 amide bonds. The number of rotatable bonds is 9. The van der Waals surface area contributed by atoms with E-state index in [2.05, 4.69) is 10.0 Å². The molecule has 2 rings (SSSR count). The summed E-state index contributed by atoms with van der Waals surface area (Å²) in [4.78, 5) is 12.2. The van der Waals surface area contributed by atoms with E-state index in [0.29, 0.717) is 6.42 Å². The Balaban J connectivity index is 2.15. The molecule has 29 heavy (non-hydrogen) atoms. The van der Waals surface area contributed by atoms with Gasteiger partial charge in [-0.25, -0.2) is 13.1 Å². The first-order valence-electron chi connectivity index (χ1n) is 9.10. The number of carbonyl (C=O) groups is 1. The second kappa shape index (κ2) is 10.3. The van der Waals surface area contributed by atoms with E-state index in [9.17, 15) is 13.2 Å². The van der Waals surface area contributed by atoms with Gasteiger partial charge in [-0.15, -0.1) is 0 Å². The van der Waals surface area contributed by atoms with E-state index in [0.717, 1.165) is 17.7 Å². The lowest BCUT2D eigenvalue weighted by Crippen LogP contribution is -2.32. The third kappa shape index (κ3) is 6.34. The number of methoxy groups -OCH3 is 1. The summed E-state index contributed by atoms with van der Waals surface area (Å²) in [6, 6.07) is 9.74. The Kier molecular flexibility index (Phi) is 8.34. The molecule has 2 N–H and O–H groups in total. The molecular formula is C20H24Cl2N2O4S. The summed E-state index contributed by atoms with van der Waals surface area (Å²) in [5, 5.41) is 2.81. The molecule has 0 saturated carbocycles. The largest absolute Gasteiger partial charge is 0.497 e. The van der Waals surface area contributed by atoms with E-state index in [1.165, 1.54) is 12.1 Å². The first-order chi connectivity index (χ1) is 13.7. The highest BCUT2D eigenvalue weighted by molar-refractivity contribution is 7.89. The third-order valence-corrected chi connectivity index (χ3v) is 6.65. The Morgan fingerprint density at radius 2 is 1.79 bits per heavy atom. The van der Waals surface area contributed by atoms with Gasteiger partial charge in [-0.1, -0.05) is 42.3 Å². The van der Waals surface area contributed by atoms with Crippen LogP contribution in [0.1, 0.15) is 36.2 Å². The number of halogens is 2. The fourth-order valence-corrected chi connectivity index (χ4v) is 4.40. The predicted octanol–water partition coefficient (Wildman–Crippen LogP) is 4.05. The van der Waals surface area contributed by atoms with Crippen LogP contribution in [0.15, 0.2) is 41.3 Å². The van der Waals surface area contributed by atoms with Crippen molar-refractivity contribution in [1.82, 2.24) is 10.0 Å². The van der Waals surface area contributed by atoms with Crippen molar-refractivity contribution in [2.24, 2.45) is 0 Å². The van der Waals surface area contributed by atoms with Crippen LogP contribution >= 0.6 is 23.2 Å². The van der Waals surface area contributed by atoms with Crippen LogP contribution in [-0.4, -0.2) is 34.0 Å². The van der Waals surface area contributed by atoms with Gasteiger partial charge >= 0.3 is 0 Å². The molecule has 158 valence electrons. The van der Waals surface area contributed by atoms with E-state index >= 15 is 0 Å². The predicted molar refractivity (Wildman–Crippen MR) is 116 cm³/mol. The van der Waals surface area contributed by atoms with Gasteiger partial charge in [0.2, 0.25) is 10.0 Å². The molecule has 1 unspecified atom stereocenters. The molecule has 2 aromatic carbocycles. The summed E-state index contributed by atoms with van der Waals surface area (Å²) in [6.45, 7) is 3.94. The van der Waals surface area contributed by atoms with E-state index in [1.54, 1.807) is 7.11 Å². The Hall–Kier alpha value is -1.80. The highest BCUT2D eigenvalue weighted by Gasteiger charge is 2.23. The van der Waals surface area contributed by atoms with E-state index in [1.807, 2.05) is 38.1 Å². The van der Waals surface area contributed by atoms with Gasteiger partial charge in [0.05, 0.1) is 22.7 Å². The van der Waals surface area contributed by atoms with Gasteiger partial charge in [-0.05, 0) is 49.6 Å². The maximum absolute atomic E-state index is 12.7. The molecular weight excluding hydrogens is 435 g/mol. The molecule has 0 radical (unpaired) electrons. The van der Waals surface area contributed by atoms with Crippen LogP contribution in [0.4, 0.5) is 0 Å². The maximum Gasteiger partial charge on any atom is 0.253 e. The number of hydrogen-bond acceptors (Lipinski definition) is 4. The Morgan fingerprint density at radius 1 is 1.14 bits per heavy atom. The molecule has 0 spiro atoms. The summed E-state index contributed by atoms with van der Waals surface area (Å²) in [6.07, 6.45) is 1.21. The number of carbonyl (C=O) groups excluding carboxylic acids is 1. The van der Waals surface area contributed by atoms with E-state index in [4.69, 9.17) is 27.9 Å². The maximum atomic E-state index is 12.7. The number of amides is 1. The van der Waals surface area contributed by atoms with Gasteiger partial charge in [0.25, 0.3) is 5.91 Å². The molecule has 0 aliphatic carbocycles. The molecule has 0 aliphatic heterocycles. The van der Waals surface area contributed by atoms with Crippen molar-refractivity contribution < 1.29 is 17.9 Å². The lowest BCUT2D eigenvalue weighted by Gasteiger charge is -2.14. The van der Waals surface area contributed by atoms with Crippen LogP contribution in [0.3, 0.4) is 0 Å². The zero-order valence-electron chi connectivity index (χ0n) is 16.5. The fourth-order valence-electron chi connectivity index (χ4n) is 2.51. The van der Waals surface area contributed by atoms with Gasteiger partial charge in [-0.3, -0.25) is 4.79 Å². The standard InChI is InChI=1S/C20H24Cl2N2O4S/c1-4-13(2)24-20(25)16-11-19(18(22)12-17(16)21)29(26,27)23-10-9-14-5-7-15(28-3)8-6-14/h5-8,11-13,23H,4,9-10H2,1-3H3,(H,24,25). The SMILES string of the molecule is CCC(C)NC(=O)c1cc(S(=O)(=O)NCCc2ccc(OC)cc2)c(Cl)cc1Cl. The van der Waals surface area contributed by atoms with Gasteiger partial charge < -0.3 is 10.1 Å². The number of benzene rings is 2. The van der Waals surface area contributed by atoms with Crippen molar-refractivity contribution >= 4 is 39.1 Å². The molecule has 0 heterocycles. The highest BCUT2D eigenvalue weighted by atomic mass is 35.5. The van der Waals surface area contributed by atoms with Crippen molar-refractivity contribution in [2.45, 2.75) is 37.6 Å². The molecule has 0 fully saturated rings. The average molecular weight is 459 g/mol. The Bertz CT molecular complexity index is 963. The molecule has 9 heteroatoms. The molecule has 0 saturated heterocycles. The average Bonchev–Trinajstić information content (AvgIpc) is 2.67. The zero-order valence-corrected chi connectivity index (χ0v) is 18.8. The van der Waals surface area contributed by atoms with Crippen molar-refractivity contribution in [1.29, 1.82) is 0 Å². The molecule has 0 bridgehead atoms. The van der Waals surface area contributed by atoms with Crippen LogP contribution < -0.4 is 14.8 Å². The van der Waals surface area contributed by atoms with Crippen molar-refractivity contribution in [3.05, 3.63) is 57.6 Å². The van der Waals surface area contributed by atoms with Gasteiger partial charge in [0.1, 0.15) is 10.6 Å². The van der Waals surface area contributed by atoms with Crippen molar-refractivity contribution in [3.63, 3.8) is 0 Å². The van der Waals surface area contributed by atoms with Crippen LogP contribution in [0.25, 0.3) is 0 Å². The summed E-state index contributed by atoms with van der Waals surface area (Å²) in [7, 11) is -2.35. The number of nitrogens with one attached hydrogen (secondary N) is 2. The highest BCUT2D eigenvalue weighted by Crippen LogP contribution is 2.29. The van der Waals surface area contributed by atoms with Crippen LogP contribution in [0.5, 0.6) is 5.75 Å². The summed E-state index contributed by atoms with van der Waals surface area (Å²) < 4.78 is 33.0. The second-order valence-electron chi connectivity index (χ2n) is 6.54. The number of sulfonamides is 1. The minimum atomic E-state index is -3.93. The first kappa shape index (κ1) is 23.5. The fraction of sp³-hybridized carbons (Fsp3) is 0.350. The molecule has 0 aromatic heterocycles. The number of ether oxygens (including phenoxy) is 1. The minimum Gasteiger partial charge on any atom is -0.497 e. The molecule has 1 atom stereocenters. The quantitative estimate of drug-likeness (QED) is 0.593. The van der Waals surface area contributed by atoms with Gasteiger partial charge in [-0.2, -0.15) is 0 Å². The minimum absolute atomic E-state index is 0.0490. The van der Waals surface area contributed by atoms with Crippen molar-refractivity contribution in [3.8, 4) is 5.75 Å². The van der Waals surface area contributed by atoms with Gasteiger partial charge in [0, 0.05) is 12.6 Å². The Morgan fingerprint density at radius 3 is 2.38 bits per heavy atom. The molecule has 0 aliphatic rings. The normalized spacial score (nSPS) is 12.4. The lowest BCUT2D eigenvalue weighted by molar-refractivity contribution is 0.0939. The summed E-state index contributed by atoms with van der Waals surface area (Å²) in [5.41, 5.74) is 1.01. The zero-order chi connectivity index (χ0) is 21.6. The molecule has 2 aromatic rings. The second-order valence-corrected chi connectivity index (χ2v) is 9.09. The number of hydrogen-bond donors (Lipinski definition) is 2. The van der Waals surface area contributed by atoms with E-state index < -0.39 is 15.9 Å². The van der Waals surface area contributed by atoms with Crippen molar-refractivity contribution in [2.75, 3.05) is 13.7 Å². The lowest BCUT2D eigenvalue weighted by atomic mass is 10.1. The van der Waals surface area contributed by atoms with Crippen LogP contribution in [0, 0.1) is 0 Å². The monoisotopic (exact) mass is 458 g/mol. The third-order valence-electron chi connectivity index (χ3n) is 4.41. The van der Waals surface area contributed by atoms with Gasteiger partial charge in [0.15, 0.2) is 0 Å². The van der Waals surface area contributed by atoms with E-state index in [-0.39, 0.29) is 33.1 Å². The topological polar surface area (TPSA) is 84.5 Å². The van der Waals surface area contributed by atoms with Crippen LogP contribution in [-0.2, 0) is 16.4 Å². The summed E-state index contributed by atoms with van der Waals surface area (Å²) >= 11 is 12.2. The Labute approximate surface area is 181 Å².